The molecule has 0 amide bonds. The Morgan fingerprint density at radius 2 is 1.76 bits per heavy atom. The van der Waals surface area contributed by atoms with Gasteiger partial charge in [0.1, 0.15) is 5.78 Å². The number of hydrogen-bond donors (Lipinski definition) is 0. The van der Waals surface area contributed by atoms with Crippen LogP contribution in [0.1, 0.15) is 91.0 Å². The summed E-state index contributed by atoms with van der Waals surface area (Å²) in [7, 11) is 2.15. The Labute approximate surface area is 205 Å². The summed E-state index contributed by atoms with van der Waals surface area (Å²) in [5.74, 6) is 1.69. The normalized spacial score (nSPS) is 35.0. The molecule has 0 saturated heterocycles. The maximum atomic E-state index is 12.8. The van der Waals surface area contributed by atoms with Gasteiger partial charge in [-0.2, -0.15) is 0 Å². The quantitative estimate of drug-likeness (QED) is 0.485. The summed E-state index contributed by atoms with van der Waals surface area (Å²) in [5, 5.41) is 0. The van der Waals surface area contributed by atoms with Crippen LogP contribution in [0.3, 0.4) is 0 Å². The molecule has 3 nitrogen and oxygen atoms in total. The van der Waals surface area contributed by atoms with Crippen molar-refractivity contribution in [2.24, 2.45) is 22.7 Å². The van der Waals surface area contributed by atoms with E-state index in [1.54, 1.807) is 5.57 Å². The Morgan fingerprint density at radius 3 is 2.41 bits per heavy atom. The van der Waals surface area contributed by atoms with E-state index in [0.29, 0.717) is 35.9 Å². The maximum absolute atomic E-state index is 12.8. The zero-order valence-electron chi connectivity index (χ0n) is 21.9. The van der Waals surface area contributed by atoms with Crippen molar-refractivity contribution in [1.82, 2.24) is 0 Å². The van der Waals surface area contributed by atoms with Gasteiger partial charge in [0.2, 0.25) is 0 Å². The van der Waals surface area contributed by atoms with Crippen molar-refractivity contribution in [2.45, 2.75) is 91.5 Å². The molecule has 34 heavy (non-hydrogen) atoms. The van der Waals surface area contributed by atoms with E-state index >= 15 is 0 Å². The number of carbonyl (C=O) groups is 2. The second kappa shape index (κ2) is 8.21. The number of hydrogen-bond acceptors (Lipinski definition) is 3. The highest BCUT2D eigenvalue weighted by Gasteiger charge is 2.62. The van der Waals surface area contributed by atoms with E-state index in [4.69, 9.17) is 0 Å². The van der Waals surface area contributed by atoms with Crippen LogP contribution in [-0.2, 0) is 9.59 Å². The van der Waals surface area contributed by atoms with Crippen LogP contribution >= 0.6 is 0 Å². The maximum Gasteiger partial charge on any atom is 0.156 e. The topological polar surface area (TPSA) is 37.4 Å². The molecule has 4 aliphatic carbocycles. The highest BCUT2D eigenvalue weighted by atomic mass is 16.1. The summed E-state index contributed by atoms with van der Waals surface area (Å²) in [6.45, 7) is 11.2. The van der Waals surface area contributed by atoms with Gasteiger partial charge >= 0.3 is 0 Å². The van der Waals surface area contributed by atoms with Gasteiger partial charge in [-0.3, -0.25) is 9.59 Å². The van der Waals surface area contributed by atoms with Gasteiger partial charge < -0.3 is 4.90 Å². The summed E-state index contributed by atoms with van der Waals surface area (Å²) in [6, 6.07) is 9.66. The van der Waals surface area contributed by atoms with Gasteiger partial charge in [0.05, 0.1) is 0 Å². The summed E-state index contributed by atoms with van der Waals surface area (Å²) in [6.07, 6.45) is 8.79. The number of benzene rings is 1. The molecular weight excluding hydrogens is 418 g/mol. The van der Waals surface area contributed by atoms with Crippen LogP contribution in [0.25, 0.3) is 0 Å². The molecule has 0 aliphatic heterocycles. The Kier molecular flexibility index (Phi) is 5.69. The number of ketones is 2. The first-order valence-electron chi connectivity index (χ1n) is 13.4. The molecule has 0 radical (unpaired) electrons. The van der Waals surface area contributed by atoms with Crippen molar-refractivity contribution in [2.75, 3.05) is 11.9 Å². The minimum Gasteiger partial charge on any atom is -0.372 e. The Balaban J connectivity index is 1.66. The van der Waals surface area contributed by atoms with Gasteiger partial charge in [0.15, 0.2) is 5.78 Å². The summed E-state index contributed by atoms with van der Waals surface area (Å²) >= 11 is 0. The second-order valence-corrected chi connectivity index (χ2v) is 12.3. The van der Waals surface area contributed by atoms with E-state index in [0.717, 1.165) is 38.5 Å². The molecule has 1 aromatic rings. The van der Waals surface area contributed by atoms with E-state index in [1.165, 1.54) is 22.4 Å². The summed E-state index contributed by atoms with van der Waals surface area (Å²) < 4.78 is 0. The first kappa shape index (κ1) is 23.6. The lowest BCUT2D eigenvalue weighted by Gasteiger charge is -2.58. The summed E-state index contributed by atoms with van der Waals surface area (Å²) in [4.78, 5) is 27.4. The first-order valence-corrected chi connectivity index (χ1v) is 13.4. The van der Waals surface area contributed by atoms with Crippen LogP contribution in [0.15, 0.2) is 47.1 Å². The van der Waals surface area contributed by atoms with Gasteiger partial charge in [-0.15, -0.1) is 0 Å². The molecule has 0 bridgehead atoms. The van der Waals surface area contributed by atoms with Crippen molar-refractivity contribution in [3.05, 3.63) is 52.6 Å². The molecule has 182 valence electrons. The van der Waals surface area contributed by atoms with Crippen LogP contribution in [0.5, 0.6) is 0 Å². The lowest BCUT2D eigenvalue weighted by atomic mass is 9.46. The number of nitrogens with zero attached hydrogens (tertiary/aromatic N) is 1. The minimum absolute atomic E-state index is 0.0361. The molecule has 1 aromatic carbocycles. The lowest BCUT2D eigenvalue weighted by Crippen LogP contribution is -2.50. The Bertz CT molecular complexity index is 1080. The smallest absolute Gasteiger partial charge is 0.156 e. The van der Waals surface area contributed by atoms with E-state index in [9.17, 15) is 9.59 Å². The van der Waals surface area contributed by atoms with Crippen LogP contribution in [0.4, 0.5) is 5.69 Å². The molecule has 0 aromatic heterocycles. The van der Waals surface area contributed by atoms with Gasteiger partial charge in [0.25, 0.3) is 0 Å². The standard InChI is InChI=1S/C31H41NO2/c1-19(2)32(6)23-9-7-21(8-10-23)26-18-31(5)27(20(3)33)13-14-28(31)30(4)16-15-22-17-24(34)11-12-25(22)29(26)30/h7-10,17,19,26-28H,11-16,18H2,1-6H3. The SMILES string of the molecule is CC(=O)C1CCC2C3(C)CCC4=CC(=O)CCC4=C3C(c3ccc(N(C)C(C)C)cc3)CC12C. The molecular formula is C31H41NO2. The average molecular weight is 460 g/mol. The molecule has 4 aliphatic rings. The van der Waals surface area contributed by atoms with Crippen molar-refractivity contribution >= 4 is 17.3 Å². The minimum atomic E-state index is 0.0361. The predicted molar refractivity (Wildman–Crippen MR) is 139 cm³/mol. The third-order valence-corrected chi connectivity index (χ3v) is 10.3. The van der Waals surface area contributed by atoms with Crippen molar-refractivity contribution in [3.8, 4) is 0 Å². The zero-order valence-corrected chi connectivity index (χ0v) is 21.9. The van der Waals surface area contributed by atoms with Crippen LogP contribution in [0, 0.1) is 22.7 Å². The predicted octanol–water partition coefficient (Wildman–Crippen LogP) is 7.03. The number of fused-ring (bicyclic) bond motifs is 4. The van der Waals surface area contributed by atoms with Crippen LogP contribution < -0.4 is 4.90 Å². The lowest BCUT2D eigenvalue weighted by molar-refractivity contribution is -0.126. The van der Waals surface area contributed by atoms with Gasteiger partial charge in [-0.25, -0.2) is 0 Å². The van der Waals surface area contributed by atoms with Gasteiger partial charge in [0, 0.05) is 37.0 Å². The van der Waals surface area contributed by atoms with Gasteiger partial charge in [-0.1, -0.05) is 31.6 Å². The molecule has 2 saturated carbocycles. The highest BCUT2D eigenvalue weighted by molar-refractivity contribution is 5.93. The molecule has 3 heteroatoms. The average Bonchev–Trinajstić information content (AvgIpc) is 3.16. The van der Waals surface area contributed by atoms with E-state index in [-0.39, 0.29) is 16.7 Å². The fourth-order valence-electron chi connectivity index (χ4n) is 8.44. The largest absolute Gasteiger partial charge is 0.372 e. The third-order valence-electron chi connectivity index (χ3n) is 10.3. The molecule has 5 atom stereocenters. The fourth-order valence-corrected chi connectivity index (χ4v) is 8.44. The first-order chi connectivity index (χ1) is 16.1. The monoisotopic (exact) mass is 459 g/mol. The Hall–Kier alpha value is -2.16. The van der Waals surface area contributed by atoms with Crippen LogP contribution in [0.2, 0.25) is 0 Å². The molecule has 5 unspecified atom stereocenters. The molecule has 0 spiro atoms. The molecule has 0 heterocycles. The van der Waals surface area contributed by atoms with Crippen LogP contribution in [-0.4, -0.2) is 24.7 Å². The van der Waals surface area contributed by atoms with Crippen molar-refractivity contribution in [3.63, 3.8) is 0 Å². The van der Waals surface area contributed by atoms with Crippen molar-refractivity contribution < 1.29 is 9.59 Å². The second-order valence-electron chi connectivity index (χ2n) is 12.3. The van der Waals surface area contributed by atoms with Gasteiger partial charge in [-0.05, 0) is 111 Å². The summed E-state index contributed by atoms with van der Waals surface area (Å²) in [5.41, 5.74) is 7.14. The Morgan fingerprint density at radius 1 is 1.06 bits per heavy atom. The molecule has 5 rings (SSSR count). The van der Waals surface area contributed by atoms with E-state index in [1.807, 2.05) is 13.0 Å². The molecule has 0 N–H and O–H groups in total. The zero-order chi connectivity index (χ0) is 24.4. The fraction of sp³-hybridized carbons (Fsp3) is 0.613. The number of rotatable bonds is 4. The third kappa shape index (κ3) is 3.45. The molecule has 2 fully saturated rings. The number of carbonyl (C=O) groups excluding carboxylic acids is 2. The van der Waals surface area contributed by atoms with E-state index in [2.05, 4.69) is 63.9 Å². The number of Topliss-reactive ketones (excluding diaryl/α,β-unsaturated/α-hetero) is 1. The van der Waals surface area contributed by atoms with E-state index < -0.39 is 0 Å². The highest BCUT2D eigenvalue weighted by Crippen LogP contribution is 2.70. The number of anilines is 1. The number of allylic oxidation sites excluding steroid dienone is 4. The van der Waals surface area contributed by atoms with Crippen molar-refractivity contribution in [1.29, 1.82) is 0 Å².